The Labute approximate surface area is 100 Å². The molecule has 1 atom stereocenters. The first kappa shape index (κ1) is 13.2. The summed E-state index contributed by atoms with van der Waals surface area (Å²) in [6, 6.07) is 9.08. The molecule has 0 aliphatic carbocycles. The second-order valence-corrected chi connectivity index (χ2v) is 4.71. The lowest BCUT2D eigenvalue weighted by atomic mass is 9.97. The number of benzene rings is 1. The van der Waals surface area contributed by atoms with Crippen LogP contribution in [0.25, 0.3) is 0 Å². The van der Waals surface area contributed by atoms with E-state index < -0.39 is 0 Å². The van der Waals surface area contributed by atoms with Gasteiger partial charge in [-0.15, -0.1) is 0 Å². The maximum Gasteiger partial charge on any atom is -0.00494 e. The minimum absolute atomic E-state index is 0.818. The third kappa shape index (κ3) is 4.80. The topological polar surface area (TPSA) is 12.0 Å². The van der Waals surface area contributed by atoms with Gasteiger partial charge in [-0.05, 0) is 56.3 Å². The summed E-state index contributed by atoms with van der Waals surface area (Å²) in [6.45, 7) is 5.68. The summed E-state index contributed by atoms with van der Waals surface area (Å²) in [7, 11) is 2.02. The first-order chi connectivity index (χ1) is 7.76. The van der Waals surface area contributed by atoms with Crippen LogP contribution >= 0.6 is 0 Å². The number of nitrogens with one attached hydrogen (secondary N) is 1. The fraction of sp³-hybridized carbons (Fsp3) is 0.600. The Bertz CT molecular complexity index is 276. The highest BCUT2D eigenvalue weighted by molar-refractivity contribution is 5.22. The van der Waals surface area contributed by atoms with E-state index in [2.05, 4.69) is 43.4 Å². The number of hydrogen-bond donors (Lipinski definition) is 1. The van der Waals surface area contributed by atoms with E-state index in [-0.39, 0.29) is 0 Å². The molecule has 0 amide bonds. The van der Waals surface area contributed by atoms with Crippen molar-refractivity contribution in [3.05, 3.63) is 35.4 Å². The Morgan fingerprint density at radius 2 is 1.69 bits per heavy atom. The van der Waals surface area contributed by atoms with Gasteiger partial charge in [0, 0.05) is 0 Å². The van der Waals surface area contributed by atoms with Gasteiger partial charge < -0.3 is 5.32 Å². The summed E-state index contributed by atoms with van der Waals surface area (Å²) in [5.74, 6) is 0.818. The molecule has 1 nitrogen and oxygen atoms in total. The van der Waals surface area contributed by atoms with Crippen molar-refractivity contribution in [2.45, 2.75) is 39.5 Å². The van der Waals surface area contributed by atoms with Gasteiger partial charge in [0.25, 0.3) is 0 Å². The van der Waals surface area contributed by atoms with E-state index in [0.717, 1.165) is 18.9 Å². The SMILES string of the molecule is CCc1ccc(CCC(C)CCNC)cc1. The van der Waals surface area contributed by atoms with E-state index in [9.17, 15) is 0 Å². The van der Waals surface area contributed by atoms with Crippen molar-refractivity contribution in [1.29, 1.82) is 0 Å². The van der Waals surface area contributed by atoms with E-state index in [4.69, 9.17) is 0 Å². The van der Waals surface area contributed by atoms with Gasteiger partial charge in [0.05, 0.1) is 0 Å². The van der Waals surface area contributed by atoms with Crippen LogP contribution in [0, 0.1) is 5.92 Å². The van der Waals surface area contributed by atoms with Crippen molar-refractivity contribution in [2.75, 3.05) is 13.6 Å². The molecule has 0 fully saturated rings. The molecular formula is C15H25N. The molecule has 1 aromatic rings. The molecule has 0 bridgehead atoms. The lowest BCUT2D eigenvalue weighted by Gasteiger charge is -2.10. The predicted octanol–water partition coefficient (Wildman–Crippen LogP) is 3.43. The largest absolute Gasteiger partial charge is 0.320 e. The van der Waals surface area contributed by atoms with Gasteiger partial charge in [-0.25, -0.2) is 0 Å². The highest BCUT2D eigenvalue weighted by atomic mass is 14.8. The zero-order valence-corrected chi connectivity index (χ0v) is 10.9. The smallest absolute Gasteiger partial charge is 0.00494 e. The summed E-state index contributed by atoms with van der Waals surface area (Å²) in [4.78, 5) is 0. The van der Waals surface area contributed by atoms with Gasteiger partial charge in [-0.1, -0.05) is 38.1 Å². The molecule has 0 heterocycles. The molecule has 90 valence electrons. The van der Waals surface area contributed by atoms with Crippen LogP contribution in [0.3, 0.4) is 0 Å². The number of rotatable bonds is 7. The second kappa shape index (κ2) is 7.45. The van der Waals surface area contributed by atoms with Crippen molar-refractivity contribution in [1.82, 2.24) is 5.32 Å². The normalized spacial score (nSPS) is 12.7. The van der Waals surface area contributed by atoms with Crippen LogP contribution in [0.5, 0.6) is 0 Å². The van der Waals surface area contributed by atoms with Crippen molar-refractivity contribution in [2.24, 2.45) is 5.92 Å². The van der Waals surface area contributed by atoms with Crippen molar-refractivity contribution in [3.8, 4) is 0 Å². The van der Waals surface area contributed by atoms with Crippen LogP contribution in [-0.2, 0) is 12.8 Å². The lowest BCUT2D eigenvalue weighted by Crippen LogP contribution is -2.11. The van der Waals surface area contributed by atoms with E-state index in [0.29, 0.717) is 0 Å². The van der Waals surface area contributed by atoms with Crippen LogP contribution < -0.4 is 5.32 Å². The van der Waals surface area contributed by atoms with E-state index in [1.165, 1.54) is 30.4 Å². The third-order valence-corrected chi connectivity index (χ3v) is 3.24. The molecule has 0 aliphatic rings. The fourth-order valence-corrected chi connectivity index (χ4v) is 1.89. The molecule has 1 N–H and O–H groups in total. The Morgan fingerprint density at radius 1 is 1.06 bits per heavy atom. The summed E-state index contributed by atoms with van der Waals surface area (Å²) < 4.78 is 0. The zero-order valence-electron chi connectivity index (χ0n) is 10.9. The van der Waals surface area contributed by atoms with Crippen LogP contribution in [0.2, 0.25) is 0 Å². The van der Waals surface area contributed by atoms with Crippen LogP contribution in [-0.4, -0.2) is 13.6 Å². The fourth-order valence-electron chi connectivity index (χ4n) is 1.89. The van der Waals surface area contributed by atoms with Crippen LogP contribution in [0.15, 0.2) is 24.3 Å². The monoisotopic (exact) mass is 219 g/mol. The Morgan fingerprint density at radius 3 is 2.25 bits per heavy atom. The standard InChI is InChI=1S/C15H25N/c1-4-14-7-9-15(10-8-14)6-5-13(2)11-12-16-3/h7-10,13,16H,4-6,11-12H2,1-3H3. The van der Waals surface area contributed by atoms with Gasteiger partial charge in [0.1, 0.15) is 0 Å². The van der Waals surface area contributed by atoms with Gasteiger partial charge in [0.2, 0.25) is 0 Å². The summed E-state index contributed by atoms with van der Waals surface area (Å²) in [5.41, 5.74) is 2.92. The molecule has 1 unspecified atom stereocenters. The molecule has 1 heteroatoms. The van der Waals surface area contributed by atoms with Gasteiger partial charge >= 0.3 is 0 Å². The average molecular weight is 219 g/mol. The number of hydrogen-bond acceptors (Lipinski definition) is 1. The Hall–Kier alpha value is -0.820. The molecule has 0 radical (unpaired) electrons. The summed E-state index contributed by atoms with van der Waals surface area (Å²) in [5, 5.41) is 3.21. The predicted molar refractivity (Wildman–Crippen MR) is 71.8 cm³/mol. The zero-order chi connectivity index (χ0) is 11.8. The third-order valence-electron chi connectivity index (χ3n) is 3.24. The first-order valence-electron chi connectivity index (χ1n) is 6.48. The second-order valence-electron chi connectivity index (χ2n) is 4.71. The number of aryl methyl sites for hydroxylation is 2. The molecule has 1 aromatic carbocycles. The molecule has 0 aromatic heterocycles. The molecule has 0 spiro atoms. The maximum absolute atomic E-state index is 3.21. The lowest BCUT2D eigenvalue weighted by molar-refractivity contribution is 0.482. The molecule has 0 saturated carbocycles. The van der Waals surface area contributed by atoms with Gasteiger partial charge in [-0.3, -0.25) is 0 Å². The van der Waals surface area contributed by atoms with Gasteiger partial charge in [0.15, 0.2) is 0 Å². The maximum atomic E-state index is 3.21. The molecule has 0 aliphatic heterocycles. The molecule has 0 saturated heterocycles. The van der Waals surface area contributed by atoms with Crippen LogP contribution in [0.4, 0.5) is 0 Å². The van der Waals surface area contributed by atoms with Crippen molar-refractivity contribution >= 4 is 0 Å². The van der Waals surface area contributed by atoms with E-state index in [1.807, 2.05) is 7.05 Å². The minimum atomic E-state index is 0.818. The van der Waals surface area contributed by atoms with Crippen molar-refractivity contribution < 1.29 is 0 Å². The van der Waals surface area contributed by atoms with Crippen molar-refractivity contribution in [3.63, 3.8) is 0 Å². The summed E-state index contributed by atoms with van der Waals surface area (Å²) in [6.07, 6.45) is 4.93. The molecule has 16 heavy (non-hydrogen) atoms. The Balaban J connectivity index is 2.30. The molecular weight excluding hydrogens is 194 g/mol. The first-order valence-corrected chi connectivity index (χ1v) is 6.48. The highest BCUT2D eigenvalue weighted by Gasteiger charge is 2.02. The van der Waals surface area contributed by atoms with E-state index >= 15 is 0 Å². The minimum Gasteiger partial charge on any atom is -0.320 e. The Kier molecular flexibility index (Phi) is 6.17. The molecule has 1 rings (SSSR count). The quantitative estimate of drug-likeness (QED) is 0.741. The highest BCUT2D eigenvalue weighted by Crippen LogP contribution is 2.13. The van der Waals surface area contributed by atoms with E-state index in [1.54, 1.807) is 0 Å². The van der Waals surface area contributed by atoms with Crippen LogP contribution in [0.1, 0.15) is 37.8 Å². The average Bonchev–Trinajstić information content (AvgIpc) is 2.34. The summed E-state index contributed by atoms with van der Waals surface area (Å²) >= 11 is 0. The van der Waals surface area contributed by atoms with Gasteiger partial charge in [-0.2, -0.15) is 0 Å².